The molecule has 0 amide bonds. The lowest BCUT2D eigenvalue weighted by Gasteiger charge is -2.20. The molecule has 0 atom stereocenters. The molecule has 114 valence electrons. The Hall–Kier alpha value is -1.04. The monoisotopic (exact) mass is 346 g/mol. The third kappa shape index (κ3) is 3.31. The number of pyridine rings is 1. The highest BCUT2D eigenvalue weighted by Crippen LogP contribution is 2.43. The van der Waals surface area contributed by atoms with E-state index in [1.807, 2.05) is 30.4 Å². The molecule has 3 aromatic rings. The summed E-state index contributed by atoms with van der Waals surface area (Å²) < 4.78 is 5.78. The quantitative estimate of drug-likeness (QED) is 0.546. The molecule has 0 radical (unpaired) electrons. The molecule has 0 aliphatic rings. The number of aromatic nitrogens is 2. The minimum absolute atomic E-state index is 0.166. The van der Waals surface area contributed by atoms with Gasteiger partial charge in [-0.1, -0.05) is 32.9 Å². The zero-order valence-electron chi connectivity index (χ0n) is 13.1. The second-order valence-electron chi connectivity index (χ2n) is 5.99. The maximum Gasteiger partial charge on any atom is 0.0957 e. The molecule has 0 fully saturated rings. The molecule has 0 N–H and O–H groups in total. The van der Waals surface area contributed by atoms with E-state index in [0.29, 0.717) is 0 Å². The number of nitrogens with zero attached hydrogens (tertiary/aromatic N) is 2. The molecule has 0 saturated heterocycles. The van der Waals surface area contributed by atoms with Crippen molar-refractivity contribution in [2.75, 3.05) is 6.26 Å². The predicted molar refractivity (Wildman–Crippen MR) is 100 cm³/mol. The van der Waals surface area contributed by atoms with Crippen molar-refractivity contribution in [3.63, 3.8) is 0 Å². The van der Waals surface area contributed by atoms with Crippen LogP contribution >= 0.6 is 35.1 Å². The Labute approximate surface area is 143 Å². The summed E-state index contributed by atoms with van der Waals surface area (Å²) in [5.41, 5.74) is 2.43. The lowest BCUT2D eigenvalue weighted by molar-refractivity contribution is 0.803. The van der Waals surface area contributed by atoms with Crippen LogP contribution < -0.4 is 0 Å². The summed E-state index contributed by atoms with van der Waals surface area (Å²) in [4.78, 5) is 5.83. The largest absolute Gasteiger partial charge is 0.249 e. The molecule has 0 spiro atoms. The lowest BCUT2D eigenvalue weighted by atomic mass is 10.1. The highest BCUT2D eigenvalue weighted by molar-refractivity contribution is 8.00. The van der Waals surface area contributed by atoms with Gasteiger partial charge in [0.1, 0.15) is 0 Å². The van der Waals surface area contributed by atoms with E-state index < -0.39 is 0 Å². The number of benzene rings is 1. The first-order chi connectivity index (χ1) is 10.5. The zero-order chi connectivity index (χ0) is 15.7. The van der Waals surface area contributed by atoms with Gasteiger partial charge in [-0.2, -0.15) is 4.37 Å². The van der Waals surface area contributed by atoms with Gasteiger partial charge in [0.15, 0.2) is 0 Å². The van der Waals surface area contributed by atoms with Gasteiger partial charge in [-0.25, -0.2) is 4.98 Å². The highest BCUT2D eigenvalue weighted by atomic mass is 32.2. The number of rotatable bonds is 3. The minimum atomic E-state index is 0.166. The zero-order valence-corrected chi connectivity index (χ0v) is 15.5. The Balaban J connectivity index is 2.19. The van der Waals surface area contributed by atoms with Crippen molar-refractivity contribution in [3.05, 3.63) is 36.7 Å². The normalized spacial score (nSPS) is 12.0. The summed E-state index contributed by atoms with van der Waals surface area (Å²) in [5.74, 6) is 0. The van der Waals surface area contributed by atoms with Crippen molar-refractivity contribution < 1.29 is 0 Å². The van der Waals surface area contributed by atoms with E-state index in [1.54, 1.807) is 23.3 Å². The van der Waals surface area contributed by atoms with Gasteiger partial charge in [0, 0.05) is 38.5 Å². The van der Waals surface area contributed by atoms with Gasteiger partial charge in [0.25, 0.3) is 0 Å². The molecule has 0 aliphatic heterocycles. The van der Waals surface area contributed by atoms with Gasteiger partial charge in [0.2, 0.25) is 0 Å². The summed E-state index contributed by atoms with van der Waals surface area (Å²) >= 11 is 5.13. The number of fused-ring (bicyclic) bond motifs is 1. The van der Waals surface area contributed by atoms with Crippen LogP contribution in [0.15, 0.2) is 46.6 Å². The molecule has 0 aliphatic carbocycles. The van der Waals surface area contributed by atoms with E-state index >= 15 is 0 Å². The van der Waals surface area contributed by atoms with Crippen LogP contribution in [0.2, 0.25) is 0 Å². The molecule has 2 aromatic heterocycles. The van der Waals surface area contributed by atoms with Crippen LogP contribution in [-0.2, 0) is 0 Å². The molecule has 2 nitrogen and oxygen atoms in total. The Bertz CT molecular complexity index is 786. The maximum atomic E-state index is 4.54. The lowest BCUT2D eigenvalue weighted by Crippen LogP contribution is -2.07. The molecular formula is C17H18N2S3. The smallest absolute Gasteiger partial charge is 0.0957 e. The van der Waals surface area contributed by atoms with Gasteiger partial charge in [0.05, 0.1) is 9.73 Å². The van der Waals surface area contributed by atoms with Crippen molar-refractivity contribution >= 4 is 45.1 Å². The van der Waals surface area contributed by atoms with Crippen molar-refractivity contribution in [1.29, 1.82) is 0 Å². The second-order valence-corrected chi connectivity index (χ2v) is 9.48. The average molecular weight is 347 g/mol. The third-order valence-corrected chi connectivity index (χ3v) is 5.80. The number of hydrogen-bond acceptors (Lipinski definition) is 5. The van der Waals surface area contributed by atoms with Crippen molar-refractivity contribution in [2.24, 2.45) is 0 Å². The third-order valence-electron chi connectivity index (χ3n) is 3.14. The highest BCUT2D eigenvalue weighted by Gasteiger charge is 2.18. The summed E-state index contributed by atoms with van der Waals surface area (Å²) in [6, 6.07) is 8.63. The van der Waals surface area contributed by atoms with E-state index in [1.165, 1.54) is 26.1 Å². The van der Waals surface area contributed by atoms with Crippen LogP contribution in [0.1, 0.15) is 20.8 Å². The van der Waals surface area contributed by atoms with Crippen LogP contribution in [0.4, 0.5) is 0 Å². The summed E-state index contributed by atoms with van der Waals surface area (Å²) in [7, 11) is 0. The Kier molecular flexibility index (Phi) is 4.48. The van der Waals surface area contributed by atoms with Crippen LogP contribution in [0.25, 0.3) is 21.2 Å². The molecule has 5 heteroatoms. The van der Waals surface area contributed by atoms with Crippen LogP contribution in [0, 0.1) is 0 Å². The molecule has 22 heavy (non-hydrogen) atoms. The van der Waals surface area contributed by atoms with Gasteiger partial charge in [-0.05, 0) is 29.9 Å². The summed E-state index contributed by atoms with van der Waals surface area (Å²) in [6.45, 7) is 6.73. The fourth-order valence-corrected chi connectivity index (χ4v) is 4.62. The Morgan fingerprint density at radius 2 is 1.86 bits per heavy atom. The predicted octanol–water partition coefficient (Wildman–Crippen LogP) is 5.97. The maximum absolute atomic E-state index is 4.54. The van der Waals surface area contributed by atoms with Gasteiger partial charge in [-0.3, -0.25) is 0 Å². The molecular weight excluding hydrogens is 328 g/mol. The van der Waals surface area contributed by atoms with Crippen LogP contribution in [0.5, 0.6) is 0 Å². The fourth-order valence-electron chi connectivity index (χ4n) is 2.25. The van der Waals surface area contributed by atoms with Crippen LogP contribution in [0.3, 0.4) is 0 Å². The van der Waals surface area contributed by atoms with Gasteiger partial charge in [-0.15, -0.1) is 23.5 Å². The van der Waals surface area contributed by atoms with E-state index in [0.717, 1.165) is 5.03 Å². The van der Waals surface area contributed by atoms with E-state index in [9.17, 15) is 0 Å². The second kappa shape index (κ2) is 6.22. The van der Waals surface area contributed by atoms with E-state index in [4.69, 9.17) is 0 Å². The average Bonchev–Trinajstić information content (AvgIpc) is 2.94. The summed E-state index contributed by atoms with van der Waals surface area (Å²) in [6.07, 6.45) is 5.97. The van der Waals surface area contributed by atoms with E-state index in [2.05, 4.69) is 54.4 Å². The molecule has 0 saturated carbocycles. The molecule has 1 aromatic carbocycles. The van der Waals surface area contributed by atoms with Gasteiger partial charge < -0.3 is 0 Å². The van der Waals surface area contributed by atoms with Crippen molar-refractivity contribution in [1.82, 2.24) is 9.36 Å². The molecule has 2 heterocycles. The summed E-state index contributed by atoms with van der Waals surface area (Å²) in [5, 5.41) is 2.25. The topological polar surface area (TPSA) is 25.8 Å². The van der Waals surface area contributed by atoms with Crippen molar-refractivity contribution in [2.45, 2.75) is 35.4 Å². The van der Waals surface area contributed by atoms with Gasteiger partial charge >= 0.3 is 0 Å². The first-order valence-electron chi connectivity index (χ1n) is 7.05. The van der Waals surface area contributed by atoms with E-state index in [-0.39, 0.29) is 4.75 Å². The first-order valence-corrected chi connectivity index (χ1v) is 9.86. The fraction of sp³-hybridized carbons (Fsp3) is 0.294. The van der Waals surface area contributed by atoms with Crippen molar-refractivity contribution in [3.8, 4) is 11.1 Å². The standard InChI is InChI=1S/C17H18N2S3/c1-17(2,3)21-13-7-5-12-10-19-22-16(12)15(13)11-6-8-14(20-4)18-9-11/h5-10H,1-4H3. The number of hydrogen-bond donors (Lipinski definition) is 0. The first kappa shape index (κ1) is 15.8. The molecule has 0 unspecified atom stereocenters. The Morgan fingerprint density at radius 1 is 1.05 bits per heavy atom. The number of thioether (sulfide) groups is 2. The Morgan fingerprint density at radius 3 is 2.50 bits per heavy atom. The molecule has 3 rings (SSSR count). The minimum Gasteiger partial charge on any atom is -0.249 e. The molecule has 0 bridgehead atoms. The van der Waals surface area contributed by atoms with Crippen LogP contribution in [-0.4, -0.2) is 20.4 Å². The SMILES string of the molecule is CSc1ccc(-c2c(SC(C)(C)C)ccc3cnsc23)cn1.